The summed E-state index contributed by atoms with van der Waals surface area (Å²) in [6.07, 6.45) is 2.05. The third kappa shape index (κ3) is 11.0. The van der Waals surface area contributed by atoms with E-state index in [-0.39, 0.29) is 31.5 Å². The first kappa shape index (κ1) is 31.7. The Bertz CT molecular complexity index is 1140. The molecule has 9 nitrogen and oxygen atoms in total. The molecule has 0 saturated heterocycles. The zero-order chi connectivity index (χ0) is 29.1. The minimum absolute atomic E-state index is 0.105. The number of rotatable bonds is 12. The van der Waals surface area contributed by atoms with Gasteiger partial charge in [0.2, 0.25) is 12.2 Å². The molecule has 1 fully saturated rings. The van der Waals surface area contributed by atoms with Crippen LogP contribution in [-0.4, -0.2) is 52.4 Å². The fraction of sp³-hybridized carbons (Fsp3) is 0.464. The zero-order valence-electron chi connectivity index (χ0n) is 22.2. The smallest absolute Gasteiger partial charge is 0.431 e. The van der Waals surface area contributed by atoms with E-state index in [9.17, 15) is 18.8 Å². The van der Waals surface area contributed by atoms with Crippen LogP contribution >= 0.6 is 20.0 Å². The zero-order valence-corrected chi connectivity index (χ0v) is 23.8. The van der Waals surface area contributed by atoms with Crippen molar-refractivity contribution < 1.29 is 42.8 Å². The summed E-state index contributed by atoms with van der Waals surface area (Å²) in [5.41, 5.74) is 1.69. The number of amides is 1. The second-order valence-corrected chi connectivity index (χ2v) is 11.3. The van der Waals surface area contributed by atoms with Crippen LogP contribution in [-0.2, 0) is 30.2 Å². The molecule has 0 bridgehead atoms. The number of carbonyl (C=O) groups is 3. The predicted octanol–water partition coefficient (Wildman–Crippen LogP) is 5.63. The van der Waals surface area contributed by atoms with Crippen LogP contribution in [0.3, 0.4) is 0 Å². The van der Waals surface area contributed by atoms with Crippen molar-refractivity contribution in [3.05, 3.63) is 58.9 Å². The van der Waals surface area contributed by atoms with E-state index in [4.69, 9.17) is 35.6 Å². The maximum atomic E-state index is 14.3. The molecular formula is C28H34ClFNO8P. The molecule has 12 heteroatoms. The first-order valence-corrected chi connectivity index (χ1v) is 15.0. The molecule has 3 N–H and O–H groups in total. The summed E-state index contributed by atoms with van der Waals surface area (Å²) in [4.78, 5) is 55.3. The standard InChI is InChI=1S/C28H34ClFNO8P/c1-18(38-28(34)39-23-5-3-2-4-6-23)37-27(33)17-22(31-26(32)13-14-40(35)36)15-19-7-9-20(10-8-19)24-16-21(29)11-12-25(24)30/h7-12,16,18,22-23,35-36H,2-6,13-15,17H2,1H3,(H,31,32)/t18?,22-/m1/s1. The molecule has 40 heavy (non-hydrogen) atoms. The van der Waals surface area contributed by atoms with E-state index in [0.717, 1.165) is 37.7 Å². The Labute approximate surface area is 238 Å². The Balaban J connectivity index is 1.60. The van der Waals surface area contributed by atoms with Crippen molar-refractivity contribution >= 4 is 38.0 Å². The molecule has 1 amide bonds. The minimum atomic E-state index is -2.23. The first-order chi connectivity index (χ1) is 19.1. The molecule has 2 aromatic carbocycles. The molecule has 2 aromatic rings. The van der Waals surface area contributed by atoms with Crippen LogP contribution < -0.4 is 5.32 Å². The molecule has 0 radical (unpaired) electrons. The van der Waals surface area contributed by atoms with Gasteiger partial charge in [0.25, 0.3) is 0 Å². The number of hydrogen-bond acceptors (Lipinski definition) is 8. The summed E-state index contributed by atoms with van der Waals surface area (Å²) in [5.74, 6) is -1.60. The van der Waals surface area contributed by atoms with Crippen molar-refractivity contribution in [3.63, 3.8) is 0 Å². The van der Waals surface area contributed by atoms with Gasteiger partial charge in [0.15, 0.2) is 8.38 Å². The molecule has 0 aliphatic heterocycles. The Hall–Kier alpha value is -2.78. The van der Waals surface area contributed by atoms with Crippen LogP contribution in [0, 0.1) is 5.82 Å². The number of nitrogens with one attached hydrogen (secondary N) is 1. The molecule has 0 heterocycles. The van der Waals surface area contributed by atoms with Crippen molar-refractivity contribution in [3.8, 4) is 11.1 Å². The van der Waals surface area contributed by atoms with Crippen molar-refractivity contribution in [2.75, 3.05) is 6.16 Å². The van der Waals surface area contributed by atoms with Crippen molar-refractivity contribution in [1.82, 2.24) is 5.32 Å². The lowest BCUT2D eigenvalue weighted by Crippen LogP contribution is -2.39. The van der Waals surface area contributed by atoms with E-state index in [1.165, 1.54) is 25.1 Å². The molecular weight excluding hydrogens is 564 g/mol. The Morgan fingerprint density at radius 3 is 2.45 bits per heavy atom. The van der Waals surface area contributed by atoms with Crippen LogP contribution in [0.2, 0.25) is 5.02 Å². The van der Waals surface area contributed by atoms with E-state index in [1.54, 1.807) is 24.3 Å². The Morgan fingerprint density at radius 2 is 1.77 bits per heavy atom. The van der Waals surface area contributed by atoms with Gasteiger partial charge in [-0.15, -0.1) is 0 Å². The summed E-state index contributed by atoms with van der Waals surface area (Å²) < 4.78 is 29.8. The number of hydrogen-bond donors (Lipinski definition) is 3. The second kappa shape index (κ2) is 15.9. The van der Waals surface area contributed by atoms with Gasteiger partial charge >= 0.3 is 12.1 Å². The van der Waals surface area contributed by atoms with Crippen molar-refractivity contribution in [2.24, 2.45) is 0 Å². The number of ether oxygens (including phenoxy) is 3. The quantitative estimate of drug-likeness (QED) is 0.163. The van der Waals surface area contributed by atoms with Gasteiger partial charge in [-0.3, -0.25) is 9.59 Å². The third-order valence-electron chi connectivity index (χ3n) is 6.37. The molecule has 1 aliphatic rings. The van der Waals surface area contributed by atoms with Crippen LogP contribution in [0.5, 0.6) is 0 Å². The average Bonchev–Trinajstić information content (AvgIpc) is 2.89. The molecule has 2 atom stereocenters. The maximum absolute atomic E-state index is 14.3. The molecule has 1 aliphatic carbocycles. The van der Waals surface area contributed by atoms with Crippen molar-refractivity contribution in [1.29, 1.82) is 0 Å². The van der Waals surface area contributed by atoms with E-state index in [1.807, 2.05) is 0 Å². The molecule has 0 aromatic heterocycles. The second-order valence-electron chi connectivity index (χ2n) is 9.64. The van der Waals surface area contributed by atoms with Gasteiger partial charge in [-0.05, 0) is 61.4 Å². The number of benzene rings is 2. The van der Waals surface area contributed by atoms with Gasteiger partial charge in [-0.2, -0.15) is 0 Å². The van der Waals surface area contributed by atoms with Crippen LogP contribution in [0.25, 0.3) is 11.1 Å². The maximum Gasteiger partial charge on any atom is 0.511 e. The van der Waals surface area contributed by atoms with Gasteiger partial charge in [0, 0.05) is 36.1 Å². The van der Waals surface area contributed by atoms with Gasteiger partial charge in [-0.1, -0.05) is 42.3 Å². The first-order valence-electron chi connectivity index (χ1n) is 13.1. The fourth-order valence-corrected chi connectivity index (χ4v) is 5.02. The average molecular weight is 598 g/mol. The summed E-state index contributed by atoms with van der Waals surface area (Å²) in [6.45, 7) is 1.39. The van der Waals surface area contributed by atoms with Crippen LogP contribution in [0.4, 0.5) is 9.18 Å². The van der Waals surface area contributed by atoms with E-state index in [0.29, 0.717) is 16.1 Å². The van der Waals surface area contributed by atoms with Crippen LogP contribution in [0.15, 0.2) is 42.5 Å². The molecule has 218 valence electrons. The van der Waals surface area contributed by atoms with E-state index < -0.39 is 44.6 Å². The van der Waals surface area contributed by atoms with Gasteiger partial charge in [-0.25, -0.2) is 9.18 Å². The van der Waals surface area contributed by atoms with E-state index >= 15 is 0 Å². The Kier molecular flexibility index (Phi) is 12.6. The number of halogens is 2. The summed E-state index contributed by atoms with van der Waals surface area (Å²) >= 11 is 6.00. The molecule has 1 unspecified atom stereocenters. The number of carbonyl (C=O) groups excluding carboxylic acids is 3. The summed E-state index contributed by atoms with van der Waals surface area (Å²) in [5, 5.41) is 3.12. The van der Waals surface area contributed by atoms with Gasteiger partial charge in [0.1, 0.15) is 11.9 Å². The highest BCUT2D eigenvalue weighted by Gasteiger charge is 2.24. The van der Waals surface area contributed by atoms with E-state index in [2.05, 4.69) is 5.32 Å². The highest BCUT2D eigenvalue weighted by Crippen LogP contribution is 2.27. The minimum Gasteiger partial charge on any atom is -0.431 e. The number of esters is 1. The predicted molar refractivity (Wildman–Crippen MR) is 148 cm³/mol. The molecule has 0 spiro atoms. The lowest BCUT2D eigenvalue weighted by Gasteiger charge is -2.23. The summed E-state index contributed by atoms with van der Waals surface area (Å²) in [6, 6.07) is 10.5. The Morgan fingerprint density at radius 1 is 1.07 bits per heavy atom. The third-order valence-corrected chi connectivity index (χ3v) is 7.23. The van der Waals surface area contributed by atoms with Gasteiger partial charge in [0.05, 0.1) is 6.42 Å². The van der Waals surface area contributed by atoms with Crippen molar-refractivity contribution in [2.45, 2.75) is 76.7 Å². The largest absolute Gasteiger partial charge is 0.511 e. The fourth-order valence-electron chi connectivity index (χ4n) is 4.44. The topological polar surface area (TPSA) is 131 Å². The molecule has 1 saturated carbocycles. The molecule has 3 rings (SSSR count). The normalized spacial score (nSPS) is 15.2. The van der Waals surface area contributed by atoms with Crippen LogP contribution in [0.1, 0.15) is 57.4 Å². The lowest BCUT2D eigenvalue weighted by molar-refractivity contribution is -0.169. The lowest BCUT2D eigenvalue weighted by atomic mass is 9.98. The summed E-state index contributed by atoms with van der Waals surface area (Å²) in [7, 11) is -2.23. The highest BCUT2D eigenvalue weighted by molar-refractivity contribution is 7.45. The SMILES string of the molecule is CC(OC(=O)C[C@@H](Cc1ccc(-c2cc(Cl)ccc2F)cc1)NC(=O)CCP(O)O)OC(=O)OC1CCCCC1. The highest BCUT2D eigenvalue weighted by atomic mass is 35.5. The van der Waals surface area contributed by atoms with Gasteiger partial charge < -0.3 is 29.3 Å². The monoisotopic (exact) mass is 597 g/mol.